The number of aliphatic carboxylic acids is 1. The summed E-state index contributed by atoms with van der Waals surface area (Å²) in [5.74, 6) is -0.624. The fourth-order valence-electron chi connectivity index (χ4n) is 0.741. The molecule has 0 heterocycles. The first kappa shape index (κ1) is 19.8. The average molecular weight is 261 g/mol. The Morgan fingerprint density at radius 2 is 2.07 bits per heavy atom. The highest BCUT2D eigenvalue weighted by atomic mass is 35.5. The first-order valence-corrected chi connectivity index (χ1v) is 4.02. The van der Waals surface area contributed by atoms with Gasteiger partial charge >= 0.3 is 5.97 Å². The van der Waals surface area contributed by atoms with Crippen molar-refractivity contribution in [2.75, 3.05) is 13.6 Å². The Morgan fingerprint density at radius 3 is 2.47 bits per heavy atom. The van der Waals surface area contributed by atoms with Crippen molar-refractivity contribution in [1.29, 1.82) is 0 Å². The van der Waals surface area contributed by atoms with Crippen molar-refractivity contribution in [1.82, 2.24) is 5.32 Å². The molecule has 0 aromatic rings. The molecule has 0 unspecified atom stereocenters. The van der Waals surface area contributed by atoms with Crippen LogP contribution in [0.4, 0.5) is 0 Å². The highest BCUT2D eigenvalue weighted by molar-refractivity contribution is 5.85. The third-order valence-corrected chi connectivity index (χ3v) is 1.56. The second-order valence-corrected chi connectivity index (χ2v) is 2.62. The van der Waals surface area contributed by atoms with Gasteiger partial charge in [0.15, 0.2) is 5.96 Å². The number of rotatable bonds is 5. The Bertz CT molecular complexity index is 201. The van der Waals surface area contributed by atoms with Crippen molar-refractivity contribution in [3.8, 4) is 0 Å². The Kier molecular flexibility index (Phi) is 15.0. The summed E-state index contributed by atoms with van der Waals surface area (Å²) in [6, 6.07) is -0.790. The van der Waals surface area contributed by atoms with Gasteiger partial charge in [0.2, 0.25) is 0 Å². The van der Waals surface area contributed by atoms with Crippen LogP contribution in [0.15, 0.2) is 4.99 Å². The van der Waals surface area contributed by atoms with Crippen molar-refractivity contribution in [2.24, 2.45) is 16.5 Å². The topological polar surface area (TPSA) is 114 Å². The molecule has 0 radical (unpaired) electrons. The van der Waals surface area contributed by atoms with E-state index in [9.17, 15) is 4.79 Å². The van der Waals surface area contributed by atoms with Gasteiger partial charge in [-0.1, -0.05) is 0 Å². The molecule has 0 aromatic carbocycles. The van der Waals surface area contributed by atoms with Gasteiger partial charge in [0.25, 0.3) is 0 Å². The molecule has 1 atom stereocenters. The van der Waals surface area contributed by atoms with Gasteiger partial charge in [0.05, 0.1) is 0 Å². The smallest absolute Gasteiger partial charge is 0.320 e. The molecular weight excluding hydrogens is 243 g/mol. The fraction of sp³-hybridized carbons (Fsp3) is 0.714. The molecule has 0 saturated heterocycles. The molecule has 0 fully saturated rings. The minimum atomic E-state index is -0.975. The maximum atomic E-state index is 10.3. The molecule has 0 bridgehead atoms. The third-order valence-electron chi connectivity index (χ3n) is 1.56. The summed E-state index contributed by atoms with van der Waals surface area (Å²) in [6.07, 6.45) is 1.09. The summed E-state index contributed by atoms with van der Waals surface area (Å²) in [5.41, 5.74) is 10.6. The van der Waals surface area contributed by atoms with Crippen LogP contribution in [0.25, 0.3) is 0 Å². The zero-order valence-corrected chi connectivity index (χ0v) is 10.1. The van der Waals surface area contributed by atoms with Crippen LogP contribution in [0.2, 0.25) is 0 Å². The number of guanidine groups is 1. The molecule has 0 aromatic heterocycles. The third kappa shape index (κ3) is 11.2. The number of carboxylic acid groups (broad SMARTS) is 1. The monoisotopic (exact) mass is 260 g/mol. The summed E-state index contributed by atoms with van der Waals surface area (Å²) in [6.45, 7) is 0.587. The number of hydrogen-bond acceptors (Lipinski definition) is 3. The lowest BCUT2D eigenvalue weighted by Gasteiger charge is -2.07. The van der Waals surface area contributed by atoms with Crippen LogP contribution in [0.1, 0.15) is 12.8 Å². The highest BCUT2D eigenvalue weighted by Gasteiger charge is 2.09. The summed E-state index contributed by atoms with van der Waals surface area (Å²) in [7, 11) is 1.57. The van der Waals surface area contributed by atoms with Gasteiger partial charge in [0, 0.05) is 13.6 Å². The lowest BCUT2D eigenvalue weighted by molar-refractivity contribution is -0.138. The van der Waals surface area contributed by atoms with Crippen LogP contribution < -0.4 is 16.8 Å². The number of carboxylic acids is 1. The molecule has 6 N–H and O–H groups in total. The van der Waals surface area contributed by atoms with Crippen molar-refractivity contribution < 1.29 is 9.90 Å². The molecule has 6 nitrogen and oxygen atoms in total. The predicted octanol–water partition coefficient (Wildman–Crippen LogP) is -0.444. The minimum Gasteiger partial charge on any atom is -0.480 e. The Hall–Kier alpha value is -0.720. The van der Waals surface area contributed by atoms with Gasteiger partial charge in [-0.3, -0.25) is 9.79 Å². The van der Waals surface area contributed by atoms with E-state index in [1.807, 2.05) is 0 Å². The maximum Gasteiger partial charge on any atom is 0.320 e. The summed E-state index contributed by atoms with van der Waals surface area (Å²) < 4.78 is 0. The van der Waals surface area contributed by atoms with Gasteiger partial charge in [-0.05, 0) is 12.8 Å². The van der Waals surface area contributed by atoms with Crippen LogP contribution in [-0.4, -0.2) is 36.7 Å². The lowest BCUT2D eigenvalue weighted by Crippen LogP contribution is -2.34. The van der Waals surface area contributed by atoms with E-state index in [0.29, 0.717) is 25.3 Å². The normalized spacial score (nSPS) is 12.0. The second-order valence-electron chi connectivity index (χ2n) is 2.62. The quantitative estimate of drug-likeness (QED) is 0.304. The first-order chi connectivity index (χ1) is 6.07. The molecule has 0 aliphatic heterocycles. The zero-order valence-electron chi connectivity index (χ0n) is 8.47. The van der Waals surface area contributed by atoms with E-state index in [2.05, 4.69) is 10.3 Å². The van der Waals surface area contributed by atoms with Crippen molar-refractivity contribution in [3.63, 3.8) is 0 Å². The van der Waals surface area contributed by atoms with Crippen molar-refractivity contribution >= 4 is 36.7 Å². The second kappa shape index (κ2) is 11.4. The van der Waals surface area contributed by atoms with Gasteiger partial charge in [0.1, 0.15) is 6.04 Å². The van der Waals surface area contributed by atoms with Crippen LogP contribution in [0.5, 0.6) is 0 Å². The van der Waals surface area contributed by atoms with Crippen LogP contribution in [-0.2, 0) is 4.79 Å². The number of nitrogens with one attached hydrogen (secondary N) is 1. The van der Waals surface area contributed by atoms with Gasteiger partial charge in [-0.15, -0.1) is 24.8 Å². The molecule has 0 aliphatic rings. The van der Waals surface area contributed by atoms with E-state index in [0.717, 1.165) is 0 Å². The zero-order chi connectivity index (χ0) is 10.3. The standard InChI is InChI=1S/C7H16N4O2.2ClH/c1-10-7(9)11-4-2-3-5(8)6(12)13;;/h5H,2-4,8H2,1H3,(H,12,13)(H3,9,10,11);2*1H/t5-;;/m0../s1. The van der Waals surface area contributed by atoms with E-state index >= 15 is 0 Å². The van der Waals surface area contributed by atoms with Crippen molar-refractivity contribution in [3.05, 3.63) is 0 Å². The van der Waals surface area contributed by atoms with Crippen LogP contribution in [0, 0.1) is 0 Å². The van der Waals surface area contributed by atoms with Crippen molar-refractivity contribution in [2.45, 2.75) is 18.9 Å². The average Bonchev–Trinajstić information content (AvgIpc) is 2.11. The Balaban J connectivity index is -0.000000720. The van der Waals surface area contributed by atoms with E-state index in [1.54, 1.807) is 7.05 Å². The molecule has 15 heavy (non-hydrogen) atoms. The number of hydrogen-bond donors (Lipinski definition) is 4. The molecule has 8 heteroatoms. The van der Waals surface area contributed by atoms with Gasteiger partial charge in [-0.2, -0.15) is 0 Å². The number of nitrogens with two attached hydrogens (primary N) is 2. The summed E-state index contributed by atoms with van der Waals surface area (Å²) >= 11 is 0. The fourth-order valence-corrected chi connectivity index (χ4v) is 0.741. The minimum absolute atomic E-state index is 0. The molecule has 0 saturated carbocycles. The molecule has 0 aliphatic carbocycles. The molecule has 92 valence electrons. The molecule has 0 amide bonds. The Labute approximate surface area is 101 Å². The summed E-state index contributed by atoms with van der Waals surface area (Å²) in [5, 5.41) is 11.2. The summed E-state index contributed by atoms with van der Waals surface area (Å²) in [4.78, 5) is 14.0. The number of nitrogens with zero attached hydrogens (tertiary/aromatic N) is 1. The van der Waals surface area contributed by atoms with Crippen LogP contribution >= 0.6 is 24.8 Å². The van der Waals surface area contributed by atoms with E-state index < -0.39 is 12.0 Å². The SMILES string of the molecule is CN=C(N)NCCC[C@H](N)C(=O)O.Cl.Cl. The largest absolute Gasteiger partial charge is 0.480 e. The van der Waals surface area contributed by atoms with Crippen LogP contribution in [0.3, 0.4) is 0 Å². The van der Waals surface area contributed by atoms with Gasteiger partial charge < -0.3 is 21.9 Å². The highest BCUT2D eigenvalue weighted by Crippen LogP contribution is 1.92. The molecule has 0 rings (SSSR count). The van der Waals surface area contributed by atoms with E-state index in [4.69, 9.17) is 16.6 Å². The first-order valence-electron chi connectivity index (χ1n) is 4.02. The van der Waals surface area contributed by atoms with E-state index in [-0.39, 0.29) is 24.8 Å². The Morgan fingerprint density at radius 1 is 1.53 bits per heavy atom. The number of aliphatic imine (C=N–C) groups is 1. The maximum absolute atomic E-state index is 10.3. The predicted molar refractivity (Wildman–Crippen MR) is 64.9 cm³/mol. The van der Waals surface area contributed by atoms with E-state index in [1.165, 1.54) is 0 Å². The lowest BCUT2D eigenvalue weighted by atomic mass is 10.2. The number of carbonyl (C=O) groups is 1. The number of halogens is 2. The molecule has 0 spiro atoms. The van der Waals surface area contributed by atoms with Gasteiger partial charge in [-0.25, -0.2) is 0 Å². The molecular formula is C7H18Cl2N4O2.